The smallest absolute Gasteiger partial charge is 0.0838 e. The van der Waals surface area contributed by atoms with E-state index < -0.39 is 6.10 Å². The van der Waals surface area contributed by atoms with Crippen LogP contribution in [-0.2, 0) is 6.42 Å². The van der Waals surface area contributed by atoms with Crippen molar-refractivity contribution >= 4 is 34.5 Å². The molecule has 1 N–H and O–H groups in total. The number of rotatable bonds is 3. The third kappa shape index (κ3) is 2.58. The fourth-order valence-corrected chi connectivity index (χ4v) is 2.60. The maximum atomic E-state index is 9.98. The molecule has 84 valence electrons. The van der Waals surface area contributed by atoms with E-state index in [0.29, 0.717) is 16.5 Å². The van der Waals surface area contributed by atoms with Crippen LogP contribution in [-0.4, -0.2) is 5.11 Å². The standard InChI is InChI=1S/C12H10Cl2OS/c13-10-3-1-2-8(12(10)14)6-11(15)9-4-5-16-7-9/h1-5,7,11,15H,6H2. The lowest BCUT2D eigenvalue weighted by molar-refractivity contribution is 0.179. The molecular weight excluding hydrogens is 263 g/mol. The molecule has 0 radical (unpaired) electrons. The molecule has 2 aromatic rings. The normalized spacial score (nSPS) is 12.7. The van der Waals surface area contributed by atoms with Crippen LogP contribution >= 0.6 is 34.5 Å². The van der Waals surface area contributed by atoms with Gasteiger partial charge in [-0.15, -0.1) is 0 Å². The molecule has 0 fully saturated rings. The molecule has 1 aromatic carbocycles. The van der Waals surface area contributed by atoms with Crippen LogP contribution in [0.1, 0.15) is 17.2 Å². The zero-order chi connectivity index (χ0) is 11.5. The predicted molar refractivity (Wildman–Crippen MR) is 69.4 cm³/mol. The van der Waals surface area contributed by atoms with Crippen LogP contribution in [0.5, 0.6) is 0 Å². The van der Waals surface area contributed by atoms with Gasteiger partial charge in [0.15, 0.2) is 0 Å². The molecule has 0 saturated carbocycles. The Bertz CT molecular complexity index is 468. The highest BCUT2D eigenvalue weighted by Crippen LogP contribution is 2.29. The number of halogens is 2. The van der Waals surface area contributed by atoms with Gasteiger partial charge in [-0.25, -0.2) is 0 Å². The summed E-state index contributed by atoms with van der Waals surface area (Å²) in [5, 5.41) is 14.9. The van der Waals surface area contributed by atoms with Crippen molar-refractivity contribution in [3.8, 4) is 0 Å². The van der Waals surface area contributed by atoms with Crippen molar-refractivity contribution < 1.29 is 5.11 Å². The average Bonchev–Trinajstić information content (AvgIpc) is 2.78. The second kappa shape index (κ2) is 5.19. The van der Waals surface area contributed by atoms with Gasteiger partial charge in [-0.05, 0) is 34.0 Å². The summed E-state index contributed by atoms with van der Waals surface area (Å²) >= 11 is 13.5. The summed E-state index contributed by atoms with van der Waals surface area (Å²) in [5.41, 5.74) is 1.79. The zero-order valence-corrected chi connectivity index (χ0v) is 10.7. The highest BCUT2D eigenvalue weighted by Gasteiger charge is 2.12. The third-order valence-electron chi connectivity index (χ3n) is 2.37. The molecule has 0 aliphatic heterocycles. The summed E-state index contributed by atoms with van der Waals surface area (Å²) in [6.45, 7) is 0. The molecule has 0 bridgehead atoms. The van der Waals surface area contributed by atoms with Crippen molar-refractivity contribution in [2.75, 3.05) is 0 Å². The van der Waals surface area contributed by atoms with Gasteiger partial charge in [0.2, 0.25) is 0 Å². The van der Waals surface area contributed by atoms with Crippen LogP contribution in [0.3, 0.4) is 0 Å². The van der Waals surface area contributed by atoms with E-state index in [4.69, 9.17) is 23.2 Å². The minimum atomic E-state index is -0.526. The summed E-state index contributed by atoms with van der Waals surface area (Å²) in [7, 11) is 0. The van der Waals surface area contributed by atoms with E-state index in [1.54, 1.807) is 17.4 Å². The molecule has 16 heavy (non-hydrogen) atoms. The fraction of sp³-hybridized carbons (Fsp3) is 0.167. The zero-order valence-electron chi connectivity index (χ0n) is 8.36. The van der Waals surface area contributed by atoms with Crippen molar-refractivity contribution in [1.29, 1.82) is 0 Å². The minimum Gasteiger partial charge on any atom is -0.388 e. The summed E-state index contributed by atoms with van der Waals surface area (Å²) in [6.07, 6.45) is -0.0435. The molecule has 0 saturated heterocycles. The molecule has 0 spiro atoms. The Balaban J connectivity index is 2.18. The molecule has 1 atom stereocenters. The first kappa shape index (κ1) is 11.9. The third-order valence-corrected chi connectivity index (χ3v) is 3.93. The Morgan fingerprint density at radius 1 is 1.25 bits per heavy atom. The van der Waals surface area contributed by atoms with Gasteiger partial charge in [-0.3, -0.25) is 0 Å². The summed E-state index contributed by atoms with van der Waals surface area (Å²) < 4.78 is 0. The topological polar surface area (TPSA) is 20.2 Å². The monoisotopic (exact) mass is 272 g/mol. The van der Waals surface area contributed by atoms with Crippen LogP contribution in [0.2, 0.25) is 10.0 Å². The first-order valence-electron chi connectivity index (χ1n) is 4.81. The van der Waals surface area contributed by atoms with Crippen LogP contribution in [0, 0.1) is 0 Å². The van der Waals surface area contributed by atoms with E-state index in [-0.39, 0.29) is 0 Å². The van der Waals surface area contributed by atoms with E-state index in [0.717, 1.165) is 11.1 Å². The number of hydrogen-bond donors (Lipinski definition) is 1. The quantitative estimate of drug-likeness (QED) is 0.882. The van der Waals surface area contributed by atoms with Crippen molar-refractivity contribution in [3.63, 3.8) is 0 Å². The Hall–Kier alpha value is -0.540. The Kier molecular flexibility index (Phi) is 3.87. The summed E-state index contributed by atoms with van der Waals surface area (Å²) in [5.74, 6) is 0. The highest BCUT2D eigenvalue weighted by molar-refractivity contribution is 7.07. The summed E-state index contributed by atoms with van der Waals surface area (Å²) in [4.78, 5) is 0. The Labute approximate surface area is 108 Å². The first-order valence-corrected chi connectivity index (χ1v) is 6.51. The van der Waals surface area contributed by atoms with Crippen molar-refractivity contribution in [2.24, 2.45) is 0 Å². The lowest BCUT2D eigenvalue weighted by atomic mass is 10.0. The fourth-order valence-electron chi connectivity index (χ4n) is 1.50. The molecule has 4 heteroatoms. The van der Waals surface area contributed by atoms with Crippen LogP contribution in [0.15, 0.2) is 35.0 Å². The van der Waals surface area contributed by atoms with E-state index in [9.17, 15) is 5.11 Å². The predicted octanol–water partition coefficient (Wildman–Crippen LogP) is 4.33. The molecule has 1 unspecified atom stereocenters. The average molecular weight is 273 g/mol. The molecule has 1 aromatic heterocycles. The second-order valence-corrected chi connectivity index (χ2v) is 5.05. The van der Waals surface area contributed by atoms with Gasteiger partial charge in [0.1, 0.15) is 0 Å². The lowest BCUT2D eigenvalue weighted by Crippen LogP contribution is -2.00. The van der Waals surface area contributed by atoms with Crippen LogP contribution in [0.4, 0.5) is 0 Å². The maximum absolute atomic E-state index is 9.98. The van der Waals surface area contributed by atoms with Gasteiger partial charge in [0.25, 0.3) is 0 Å². The molecule has 0 amide bonds. The van der Waals surface area contributed by atoms with Gasteiger partial charge in [-0.1, -0.05) is 35.3 Å². The van der Waals surface area contributed by atoms with E-state index in [1.165, 1.54) is 0 Å². The maximum Gasteiger partial charge on any atom is 0.0838 e. The van der Waals surface area contributed by atoms with Gasteiger partial charge in [0.05, 0.1) is 16.1 Å². The number of aliphatic hydroxyl groups is 1. The van der Waals surface area contributed by atoms with Crippen molar-refractivity contribution in [1.82, 2.24) is 0 Å². The second-order valence-electron chi connectivity index (χ2n) is 3.49. The van der Waals surface area contributed by atoms with Gasteiger partial charge in [-0.2, -0.15) is 11.3 Å². The number of aliphatic hydroxyl groups excluding tert-OH is 1. The molecule has 2 rings (SSSR count). The number of hydrogen-bond acceptors (Lipinski definition) is 2. The summed E-state index contributed by atoms with van der Waals surface area (Å²) in [6, 6.07) is 7.37. The highest BCUT2D eigenvalue weighted by atomic mass is 35.5. The largest absolute Gasteiger partial charge is 0.388 e. The number of thiophene rings is 1. The lowest BCUT2D eigenvalue weighted by Gasteiger charge is -2.10. The molecule has 0 aliphatic carbocycles. The van der Waals surface area contributed by atoms with E-state index in [2.05, 4.69) is 0 Å². The minimum absolute atomic E-state index is 0.482. The van der Waals surface area contributed by atoms with E-state index >= 15 is 0 Å². The molecule has 1 heterocycles. The SMILES string of the molecule is OC(Cc1cccc(Cl)c1Cl)c1ccsc1. The number of benzene rings is 1. The Morgan fingerprint density at radius 3 is 2.75 bits per heavy atom. The first-order chi connectivity index (χ1) is 7.68. The molecule has 1 nitrogen and oxygen atoms in total. The van der Waals surface area contributed by atoms with Gasteiger partial charge >= 0.3 is 0 Å². The van der Waals surface area contributed by atoms with Crippen LogP contribution < -0.4 is 0 Å². The molecule has 0 aliphatic rings. The van der Waals surface area contributed by atoms with Crippen molar-refractivity contribution in [2.45, 2.75) is 12.5 Å². The Morgan fingerprint density at radius 2 is 2.06 bits per heavy atom. The van der Waals surface area contributed by atoms with E-state index in [1.807, 2.05) is 29.0 Å². The van der Waals surface area contributed by atoms with Crippen LogP contribution in [0.25, 0.3) is 0 Å². The molecular formula is C12H10Cl2OS. The van der Waals surface area contributed by atoms with Gasteiger partial charge < -0.3 is 5.11 Å². The van der Waals surface area contributed by atoms with Crippen molar-refractivity contribution in [3.05, 3.63) is 56.2 Å². The van der Waals surface area contributed by atoms with Gasteiger partial charge in [0, 0.05) is 6.42 Å².